The van der Waals surface area contributed by atoms with Gasteiger partial charge < -0.3 is 15.0 Å². The van der Waals surface area contributed by atoms with Crippen molar-refractivity contribution in [2.75, 3.05) is 12.3 Å². The van der Waals surface area contributed by atoms with Gasteiger partial charge in [0.05, 0.1) is 0 Å². The molecule has 0 bridgehead atoms. The molecule has 2 N–H and O–H groups in total. The Kier molecular flexibility index (Phi) is 3.34. The van der Waals surface area contributed by atoms with Crippen LogP contribution in [0.5, 0.6) is 0 Å². The van der Waals surface area contributed by atoms with E-state index in [1.54, 1.807) is 12.1 Å². The Morgan fingerprint density at radius 3 is 2.56 bits per heavy atom. The van der Waals surface area contributed by atoms with Crippen molar-refractivity contribution in [1.29, 1.82) is 0 Å². The molecule has 0 unspecified atom stereocenters. The maximum Gasteiger partial charge on any atom is 0.258 e. The third-order valence-electron chi connectivity index (χ3n) is 2.63. The second-order valence-electron chi connectivity index (χ2n) is 4.49. The Labute approximate surface area is 106 Å². The molecule has 0 aliphatic carbocycles. The molecule has 1 heterocycles. The quantitative estimate of drug-likeness (QED) is 0.840. The molecule has 0 spiro atoms. The molecule has 0 fully saturated rings. The summed E-state index contributed by atoms with van der Waals surface area (Å²) in [4.78, 5) is 4.36. The lowest BCUT2D eigenvalue weighted by Gasteiger charge is -2.19. The fourth-order valence-electron chi connectivity index (χ4n) is 1.64. The molecule has 1 aromatic carbocycles. The Hall–Kier alpha value is -1.88. The van der Waals surface area contributed by atoms with Crippen LogP contribution in [-0.4, -0.2) is 16.7 Å². The summed E-state index contributed by atoms with van der Waals surface area (Å²) in [7, 11) is 0. The first kappa shape index (κ1) is 12.6. The van der Waals surface area contributed by atoms with Crippen molar-refractivity contribution in [2.45, 2.75) is 26.4 Å². The minimum atomic E-state index is -0.551. The highest BCUT2D eigenvalue weighted by Gasteiger charge is 2.27. The topological polar surface area (TPSA) is 74.2 Å². The number of aromatic nitrogens is 2. The predicted molar refractivity (Wildman–Crippen MR) is 68.8 cm³/mol. The van der Waals surface area contributed by atoms with Crippen LogP contribution in [0, 0.1) is 0 Å². The molecule has 1 aromatic heterocycles. The Morgan fingerprint density at radius 1 is 1.28 bits per heavy atom. The van der Waals surface area contributed by atoms with Gasteiger partial charge in [0.15, 0.2) is 0 Å². The molecule has 5 nitrogen and oxygen atoms in total. The van der Waals surface area contributed by atoms with Crippen LogP contribution in [0.25, 0.3) is 11.5 Å². The van der Waals surface area contributed by atoms with Crippen molar-refractivity contribution in [1.82, 2.24) is 10.1 Å². The van der Waals surface area contributed by atoms with E-state index in [1.807, 2.05) is 32.9 Å². The smallest absolute Gasteiger partial charge is 0.258 e. The van der Waals surface area contributed by atoms with E-state index in [9.17, 15) is 0 Å². The highest BCUT2D eigenvalue weighted by molar-refractivity contribution is 5.56. The van der Waals surface area contributed by atoms with Crippen LogP contribution in [0.4, 0.5) is 5.69 Å². The van der Waals surface area contributed by atoms with Gasteiger partial charge in [-0.25, -0.2) is 0 Å². The first-order valence-electron chi connectivity index (χ1n) is 5.87. The summed E-state index contributed by atoms with van der Waals surface area (Å²) in [6, 6.07) is 7.29. The maximum absolute atomic E-state index is 5.63. The Bertz CT molecular complexity index is 517. The van der Waals surface area contributed by atoms with Gasteiger partial charge in [0.1, 0.15) is 5.60 Å². The summed E-state index contributed by atoms with van der Waals surface area (Å²) in [6.07, 6.45) is 0. The van der Waals surface area contributed by atoms with Crippen LogP contribution in [0.3, 0.4) is 0 Å². The minimum Gasteiger partial charge on any atom is -0.399 e. The van der Waals surface area contributed by atoms with E-state index in [1.165, 1.54) is 0 Å². The lowest BCUT2D eigenvalue weighted by atomic mass is 10.1. The average molecular weight is 247 g/mol. The predicted octanol–water partition coefficient (Wildman–Crippen LogP) is 2.59. The van der Waals surface area contributed by atoms with Crippen LogP contribution < -0.4 is 5.73 Å². The van der Waals surface area contributed by atoms with Crippen LogP contribution in [-0.2, 0) is 10.3 Å². The number of nitrogens with two attached hydrogens (primary N) is 1. The zero-order valence-corrected chi connectivity index (χ0v) is 10.8. The molecule has 0 aliphatic rings. The maximum atomic E-state index is 5.63. The SMILES string of the molecule is CCOC(C)(C)c1noc(-c2ccc(N)cc2)n1. The van der Waals surface area contributed by atoms with Gasteiger partial charge in [-0.05, 0) is 45.0 Å². The van der Waals surface area contributed by atoms with Gasteiger partial charge in [0.25, 0.3) is 5.89 Å². The molecule has 0 atom stereocenters. The summed E-state index contributed by atoms with van der Waals surface area (Å²) in [5, 5.41) is 3.96. The van der Waals surface area contributed by atoms with Gasteiger partial charge in [-0.1, -0.05) is 5.16 Å². The Balaban J connectivity index is 2.28. The first-order chi connectivity index (χ1) is 8.53. The number of nitrogen functional groups attached to an aromatic ring is 1. The van der Waals surface area contributed by atoms with Crippen LogP contribution in [0.2, 0.25) is 0 Å². The molecule has 0 radical (unpaired) electrons. The lowest BCUT2D eigenvalue weighted by molar-refractivity contribution is -0.0221. The molecular formula is C13H17N3O2. The second-order valence-corrected chi connectivity index (χ2v) is 4.49. The molecule has 0 amide bonds. The van der Waals surface area contributed by atoms with Gasteiger partial charge in [-0.2, -0.15) is 4.98 Å². The molecule has 18 heavy (non-hydrogen) atoms. The summed E-state index contributed by atoms with van der Waals surface area (Å²) in [6.45, 7) is 6.35. The largest absolute Gasteiger partial charge is 0.399 e. The number of hydrogen-bond acceptors (Lipinski definition) is 5. The van der Waals surface area contributed by atoms with Gasteiger partial charge in [-0.3, -0.25) is 0 Å². The van der Waals surface area contributed by atoms with Crippen molar-refractivity contribution < 1.29 is 9.26 Å². The van der Waals surface area contributed by atoms with E-state index in [0.717, 1.165) is 5.56 Å². The first-order valence-corrected chi connectivity index (χ1v) is 5.87. The van der Waals surface area contributed by atoms with Gasteiger partial charge in [0, 0.05) is 17.9 Å². The van der Waals surface area contributed by atoms with Crippen molar-refractivity contribution in [2.24, 2.45) is 0 Å². The molecule has 0 aliphatic heterocycles. The summed E-state index contributed by atoms with van der Waals surface area (Å²) in [5.74, 6) is 1.01. The van der Waals surface area contributed by atoms with E-state index in [-0.39, 0.29) is 0 Å². The van der Waals surface area contributed by atoms with Crippen LogP contribution in [0.15, 0.2) is 28.8 Å². The number of anilines is 1. The third kappa shape index (κ3) is 2.51. The number of hydrogen-bond donors (Lipinski definition) is 1. The van der Waals surface area contributed by atoms with E-state index in [0.29, 0.717) is 24.0 Å². The van der Waals surface area contributed by atoms with E-state index < -0.39 is 5.60 Å². The Morgan fingerprint density at radius 2 is 1.94 bits per heavy atom. The van der Waals surface area contributed by atoms with Crippen LogP contribution in [0.1, 0.15) is 26.6 Å². The van der Waals surface area contributed by atoms with Gasteiger partial charge in [0.2, 0.25) is 5.82 Å². The van der Waals surface area contributed by atoms with Crippen LogP contribution >= 0.6 is 0 Å². The molecule has 2 rings (SSSR count). The standard InChI is InChI=1S/C13H17N3O2/c1-4-17-13(2,3)12-15-11(18-16-12)9-5-7-10(14)8-6-9/h5-8H,4,14H2,1-3H3. The summed E-state index contributed by atoms with van der Waals surface area (Å²) in [5.41, 5.74) is 6.63. The van der Waals surface area contributed by atoms with Gasteiger partial charge >= 0.3 is 0 Å². The second kappa shape index (κ2) is 4.78. The average Bonchev–Trinajstić information content (AvgIpc) is 2.80. The molecule has 0 saturated heterocycles. The molecule has 5 heteroatoms. The molecule has 96 valence electrons. The number of rotatable bonds is 4. The normalized spacial score (nSPS) is 11.7. The third-order valence-corrected chi connectivity index (χ3v) is 2.63. The zero-order valence-electron chi connectivity index (χ0n) is 10.8. The number of ether oxygens (including phenoxy) is 1. The zero-order chi connectivity index (χ0) is 13.2. The number of benzene rings is 1. The van der Waals surface area contributed by atoms with Gasteiger partial charge in [-0.15, -0.1) is 0 Å². The molecular weight excluding hydrogens is 230 g/mol. The molecule has 0 saturated carbocycles. The molecule has 2 aromatic rings. The van der Waals surface area contributed by atoms with Crippen molar-refractivity contribution >= 4 is 5.69 Å². The fraction of sp³-hybridized carbons (Fsp3) is 0.385. The highest BCUT2D eigenvalue weighted by Crippen LogP contribution is 2.25. The summed E-state index contributed by atoms with van der Waals surface area (Å²) >= 11 is 0. The fourth-order valence-corrected chi connectivity index (χ4v) is 1.64. The van der Waals surface area contributed by atoms with Crippen molar-refractivity contribution in [3.05, 3.63) is 30.1 Å². The lowest BCUT2D eigenvalue weighted by Crippen LogP contribution is -2.23. The van der Waals surface area contributed by atoms with Crippen molar-refractivity contribution in [3.63, 3.8) is 0 Å². The highest BCUT2D eigenvalue weighted by atomic mass is 16.5. The number of nitrogens with zero attached hydrogens (tertiary/aromatic N) is 2. The monoisotopic (exact) mass is 247 g/mol. The minimum absolute atomic E-state index is 0.470. The van der Waals surface area contributed by atoms with E-state index in [4.69, 9.17) is 15.0 Å². The summed E-state index contributed by atoms with van der Waals surface area (Å²) < 4.78 is 10.8. The van der Waals surface area contributed by atoms with Crippen molar-refractivity contribution in [3.8, 4) is 11.5 Å². The van der Waals surface area contributed by atoms with E-state index in [2.05, 4.69) is 10.1 Å². The van der Waals surface area contributed by atoms with E-state index >= 15 is 0 Å².